The lowest BCUT2D eigenvalue weighted by molar-refractivity contribution is 0.0917. The Morgan fingerprint density at radius 3 is 2.83 bits per heavy atom. The van der Waals surface area contributed by atoms with Gasteiger partial charge in [-0.1, -0.05) is 17.4 Å². The lowest BCUT2D eigenvalue weighted by Crippen LogP contribution is -2.37. The largest absolute Gasteiger partial charge is 0.497 e. The number of sulfone groups is 1. The summed E-state index contributed by atoms with van der Waals surface area (Å²) in [5.74, 6) is 0.388. The molecule has 0 bridgehead atoms. The highest BCUT2D eigenvalue weighted by atomic mass is 32.2. The summed E-state index contributed by atoms with van der Waals surface area (Å²) in [6.45, 7) is 1.03. The second-order valence-electron chi connectivity index (χ2n) is 7.18. The Hall–Kier alpha value is -2.49. The van der Waals surface area contributed by atoms with E-state index in [0.717, 1.165) is 29.3 Å². The number of hydrogen-bond acceptors (Lipinski definition) is 7. The molecule has 0 radical (unpaired) electrons. The normalized spacial score (nSPS) is 16.7. The molecule has 0 N–H and O–H groups in total. The van der Waals surface area contributed by atoms with Gasteiger partial charge in [-0.3, -0.25) is 9.69 Å². The molecule has 30 heavy (non-hydrogen) atoms. The van der Waals surface area contributed by atoms with E-state index in [2.05, 4.69) is 4.98 Å². The van der Waals surface area contributed by atoms with Crippen molar-refractivity contribution in [3.05, 3.63) is 48.0 Å². The molecule has 1 amide bonds. The number of nitrogens with zero attached hydrogens (tertiary/aromatic N) is 2. The molecule has 0 spiro atoms. The number of fused-ring (bicyclic) bond motifs is 1. The maximum absolute atomic E-state index is 13.4. The van der Waals surface area contributed by atoms with E-state index in [9.17, 15) is 13.2 Å². The molecule has 0 saturated carbocycles. The average molecular weight is 447 g/mol. The van der Waals surface area contributed by atoms with Crippen LogP contribution >= 0.6 is 11.3 Å². The Morgan fingerprint density at radius 2 is 2.13 bits per heavy atom. The van der Waals surface area contributed by atoms with Gasteiger partial charge in [-0.25, -0.2) is 13.4 Å². The van der Waals surface area contributed by atoms with Crippen LogP contribution in [0.25, 0.3) is 10.2 Å². The van der Waals surface area contributed by atoms with E-state index < -0.39 is 9.84 Å². The Kier molecular flexibility index (Phi) is 5.77. The van der Waals surface area contributed by atoms with Gasteiger partial charge in [-0.05, 0) is 43.2 Å². The third-order valence-electron chi connectivity index (χ3n) is 4.98. The van der Waals surface area contributed by atoms with E-state index in [0.29, 0.717) is 29.6 Å². The lowest BCUT2D eigenvalue weighted by atomic mass is 10.2. The highest BCUT2D eigenvalue weighted by molar-refractivity contribution is 7.90. The minimum atomic E-state index is -3.42. The van der Waals surface area contributed by atoms with Gasteiger partial charge in [0.2, 0.25) is 0 Å². The summed E-state index contributed by atoms with van der Waals surface area (Å²) in [6.07, 6.45) is 2.87. The molecule has 3 aromatic rings. The molecule has 4 rings (SSSR count). The molecule has 1 unspecified atom stereocenters. The van der Waals surface area contributed by atoms with Crippen LogP contribution in [-0.2, 0) is 14.6 Å². The molecular weight excluding hydrogens is 424 g/mol. The van der Waals surface area contributed by atoms with Gasteiger partial charge in [0, 0.05) is 24.5 Å². The smallest absolute Gasteiger partial charge is 0.260 e. The number of carbonyl (C=O) groups is 1. The first-order valence-corrected chi connectivity index (χ1v) is 12.2. The Morgan fingerprint density at radius 1 is 1.30 bits per heavy atom. The SMILES string of the molecule is COc1ccc2sc(N(CC3CCCO3)C(=O)c3cccc(S(C)(=O)=O)c3)nc2c1. The van der Waals surface area contributed by atoms with Crippen LogP contribution in [0.15, 0.2) is 47.4 Å². The molecule has 9 heteroatoms. The Bertz CT molecular complexity index is 1180. The summed E-state index contributed by atoms with van der Waals surface area (Å²) in [6, 6.07) is 11.7. The van der Waals surface area contributed by atoms with Gasteiger partial charge < -0.3 is 9.47 Å². The van der Waals surface area contributed by atoms with E-state index in [4.69, 9.17) is 9.47 Å². The average Bonchev–Trinajstić information content (AvgIpc) is 3.39. The standard InChI is InChI=1S/C21H22N2O5S2/c1-27-15-8-9-19-18(12-15)22-21(29-19)23(13-16-6-4-10-28-16)20(24)14-5-3-7-17(11-14)30(2,25)26/h3,5,7-9,11-12,16H,4,6,10,13H2,1-2H3. The van der Waals surface area contributed by atoms with Crippen molar-refractivity contribution in [3.63, 3.8) is 0 Å². The molecular formula is C21H22N2O5S2. The fourth-order valence-corrected chi connectivity index (χ4v) is 5.01. The summed E-state index contributed by atoms with van der Waals surface area (Å²) >= 11 is 1.41. The predicted molar refractivity (Wildman–Crippen MR) is 116 cm³/mol. The van der Waals surface area contributed by atoms with Gasteiger partial charge >= 0.3 is 0 Å². The van der Waals surface area contributed by atoms with Crippen LogP contribution in [0.4, 0.5) is 5.13 Å². The topological polar surface area (TPSA) is 85.8 Å². The summed E-state index contributed by atoms with van der Waals surface area (Å²) < 4.78 is 35.8. The lowest BCUT2D eigenvalue weighted by Gasteiger charge is -2.23. The van der Waals surface area contributed by atoms with Crippen molar-refractivity contribution in [3.8, 4) is 5.75 Å². The fraction of sp³-hybridized carbons (Fsp3) is 0.333. The van der Waals surface area contributed by atoms with Crippen LogP contribution in [0.1, 0.15) is 23.2 Å². The summed E-state index contributed by atoms with van der Waals surface area (Å²) in [5.41, 5.74) is 1.04. The van der Waals surface area contributed by atoms with Gasteiger partial charge in [-0.15, -0.1) is 0 Å². The molecule has 158 valence electrons. The number of ether oxygens (including phenoxy) is 2. The van der Waals surface area contributed by atoms with Crippen molar-refractivity contribution in [2.24, 2.45) is 0 Å². The summed E-state index contributed by atoms with van der Waals surface area (Å²) in [5, 5.41) is 0.545. The van der Waals surface area contributed by atoms with Crippen LogP contribution in [0, 0.1) is 0 Å². The Labute approximate surface area is 179 Å². The first-order valence-electron chi connectivity index (χ1n) is 9.53. The maximum Gasteiger partial charge on any atom is 0.260 e. The molecule has 7 nitrogen and oxygen atoms in total. The molecule has 2 aromatic carbocycles. The van der Waals surface area contributed by atoms with Gasteiger partial charge in [0.05, 0.1) is 34.9 Å². The number of anilines is 1. The van der Waals surface area contributed by atoms with Crippen LogP contribution in [0.5, 0.6) is 5.75 Å². The molecule has 1 aromatic heterocycles. The van der Waals surface area contributed by atoms with Crippen molar-refractivity contribution >= 4 is 42.4 Å². The Balaban J connectivity index is 1.73. The monoisotopic (exact) mass is 446 g/mol. The van der Waals surface area contributed by atoms with Gasteiger partial charge in [0.15, 0.2) is 15.0 Å². The second-order valence-corrected chi connectivity index (χ2v) is 10.2. The minimum absolute atomic E-state index is 0.0754. The van der Waals surface area contributed by atoms with Crippen LogP contribution in [0.2, 0.25) is 0 Å². The molecule has 2 heterocycles. The van der Waals surface area contributed by atoms with Crippen LogP contribution < -0.4 is 9.64 Å². The van der Waals surface area contributed by atoms with E-state index in [1.54, 1.807) is 24.1 Å². The van der Waals surface area contributed by atoms with Crippen molar-refractivity contribution < 1.29 is 22.7 Å². The first kappa shape index (κ1) is 20.8. The van der Waals surface area contributed by atoms with Crippen molar-refractivity contribution in [1.82, 2.24) is 4.98 Å². The molecule has 1 aliphatic heterocycles. The van der Waals surface area contributed by atoms with Crippen molar-refractivity contribution in [2.45, 2.75) is 23.8 Å². The number of carbonyl (C=O) groups excluding carboxylic acids is 1. The van der Waals surface area contributed by atoms with Gasteiger partial charge in [-0.2, -0.15) is 0 Å². The third kappa shape index (κ3) is 4.33. The van der Waals surface area contributed by atoms with Gasteiger partial charge in [0.1, 0.15) is 5.75 Å². The summed E-state index contributed by atoms with van der Waals surface area (Å²) in [4.78, 5) is 19.8. The number of hydrogen-bond donors (Lipinski definition) is 0. The number of amides is 1. The highest BCUT2D eigenvalue weighted by Crippen LogP contribution is 2.33. The number of methoxy groups -OCH3 is 1. The minimum Gasteiger partial charge on any atom is -0.497 e. The third-order valence-corrected chi connectivity index (χ3v) is 7.15. The first-order chi connectivity index (χ1) is 14.3. The fourth-order valence-electron chi connectivity index (χ4n) is 3.39. The van der Waals surface area contributed by atoms with Crippen LogP contribution in [0.3, 0.4) is 0 Å². The molecule has 1 saturated heterocycles. The zero-order valence-electron chi connectivity index (χ0n) is 16.7. The maximum atomic E-state index is 13.4. The second kappa shape index (κ2) is 8.33. The zero-order chi connectivity index (χ0) is 21.3. The number of rotatable bonds is 6. The molecule has 1 fully saturated rings. The number of aromatic nitrogens is 1. The molecule has 0 aliphatic carbocycles. The van der Waals surface area contributed by atoms with E-state index in [1.165, 1.54) is 23.5 Å². The van der Waals surface area contributed by atoms with Crippen molar-refractivity contribution in [2.75, 3.05) is 31.4 Å². The van der Waals surface area contributed by atoms with E-state index in [-0.39, 0.29) is 16.9 Å². The van der Waals surface area contributed by atoms with Gasteiger partial charge in [0.25, 0.3) is 5.91 Å². The quantitative estimate of drug-likeness (QED) is 0.576. The number of thiazole rings is 1. The zero-order valence-corrected chi connectivity index (χ0v) is 18.3. The van der Waals surface area contributed by atoms with Crippen molar-refractivity contribution in [1.29, 1.82) is 0 Å². The van der Waals surface area contributed by atoms with E-state index >= 15 is 0 Å². The van der Waals surface area contributed by atoms with Crippen LogP contribution in [-0.4, -0.2) is 51.9 Å². The van der Waals surface area contributed by atoms with E-state index in [1.807, 2.05) is 18.2 Å². The molecule has 1 atom stereocenters. The predicted octanol–water partition coefficient (Wildman–Crippen LogP) is 3.53. The summed E-state index contributed by atoms with van der Waals surface area (Å²) in [7, 11) is -1.83. The highest BCUT2D eigenvalue weighted by Gasteiger charge is 2.27. The number of benzene rings is 2. The molecule has 1 aliphatic rings.